The number of ether oxygens (including phenoxy) is 1. The number of hydrogen-bond acceptors (Lipinski definition) is 7. The quantitative estimate of drug-likeness (QED) is 0.734. The van der Waals surface area contributed by atoms with Gasteiger partial charge in [0.25, 0.3) is 0 Å². The molecule has 2 aromatic heterocycles. The zero-order valence-electron chi connectivity index (χ0n) is 14.1. The molecule has 0 aliphatic carbocycles. The molecule has 1 aliphatic heterocycles. The van der Waals surface area contributed by atoms with Gasteiger partial charge in [0.15, 0.2) is 0 Å². The van der Waals surface area contributed by atoms with Crippen molar-refractivity contribution in [1.82, 2.24) is 10.3 Å². The summed E-state index contributed by atoms with van der Waals surface area (Å²) < 4.78 is 11.8. The average molecular weight is 357 g/mol. The molecule has 0 saturated carbocycles. The summed E-state index contributed by atoms with van der Waals surface area (Å²) in [7, 11) is 0. The van der Waals surface area contributed by atoms with Crippen LogP contribution in [0, 0.1) is 13.8 Å². The second kappa shape index (κ2) is 6.50. The number of rotatable bonds is 5. The molecule has 0 saturated heterocycles. The Bertz CT molecular complexity index is 944. The highest BCUT2D eigenvalue weighted by Gasteiger charge is 2.23. The van der Waals surface area contributed by atoms with Crippen LogP contribution < -0.4 is 10.1 Å². The Morgan fingerprint density at radius 3 is 3.00 bits per heavy atom. The van der Waals surface area contributed by atoms with E-state index in [1.54, 1.807) is 11.3 Å². The summed E-state index contributed by atoms with van der Waals surface area (Å²) in [6.45, 7) is 5.08. The zero-order valence-corrected chi connectivity index (χ0v) is 14.9. The summed E-state index contributed by atoms with van der Waals surface area (Å²) in [6.07, 6.45) is 0. The van der Waals surface area contributed by atoms with E-state index >= 15 is 0 Å². The summed E-state index contributed by atoms with van der Waals surface area (Å²) in [6, 6.07) is 5.70. The number of aryl methyl sites for hydroxylation is 2. The SMILES string of the molecule is Cc1ncsc1COc1ccc2oc(C)c(C3=NC(CO)CN3)c2c1. The number of hydrogen-bond donors (Lipinski definition) is 2. The Morgan fingerprint density at radius 1 is 1.40 bits per heavy atom. The first-order valence-corrected chi connectivity index (χ1v) is 9.01. The van der Waals surface area contributed by atoms with E-state index in [0.717, 1.165) is 44.4 Å². The van der Waals surface area contributed by atoms with Gasteiger partial charge in [-0.1, -0.05) is 0 Å². The first-order valence-electron chi connectivity index (χ1n) is 8.13. The van der Waals surface area contributed by atoms with Crippen molar-refractivity contribution in [2.24, 2.45) is 4.99 Å². The summed E-state index contributed by atoms with van der Waals surface area (Å²) in [4.78, 5) is 9.90. The number of benzene rings is 1. The molecule has 130 valence electrons. The van der Waals surface area contributed by atoms with E-state index in [4.69, 9.17) is 9.15 Å². The lowest BCUT2D eigenvalue weighted by Gasteiger charge is -2.06. The predicted molar refractivity (Wildman–Crippen MR) is 97.5 cm³/mol. The average Bonchev–Trinajstić information content (AvgIpc) is 3.30. The molecule has 1 aromatic carbocycles. The molecule has 1 atom stereocenters. The van der Waals surface area contributed by atoms with E-state index in [9.17, 15) is 5.11 Å². The second-order valence-corrected chi connectivity index (χ2v) is 6.98. The molecule has 6 nitrogen and oxygen atoms in total. The number of aromatic nitrogens is 1. The van der Waals surface area contributed by atoms with Crippen LogP contribution in [0.5, 0.6) is 5.75 Å². The van der Waals surface area contributed by atoms with Crippen LogP contribution in [-0.4, -0.2) is 35.1 Å². The summed E-state index contributed by atoms with van der Waals surface area (Å²) in [5.41, 5.74) is 4.57. The van der Waals surface area contributed by atoms with Crippen LogP contribution in [0.4, 0.5) is 0 Å². The van der Waals surface area contributed by atoms with Gasteiger partial charge in [-0.3, -0.25) is 4.99 Å². The Morgan fingerprint density at radius 2 is 2.28 bits per heavy atom. The lowest BCUT2D eigenvalue weighted by atomic mass is 10.1. The number of amidine groups is 1. The Balaban J connectivity index is 1.65. The third-order valence-corrected chi connectivity index (χ3v) is 5.22. The maximum Gasteiger partial charge on any atom is 0.135 e. The second-order valence-electron chi connectivity index (χ2n) is 6.04. The normalized spacial score (nSPS) is 16.9. The molecule has 0 fully saturated rings. The van der Waals surface area contributed by atoms with Crippen molar-refractivity contribution in [1.29, 1.82) is 0 Å². The van der Waals surface area contributed by atoms with Crippen molar-refractivity contribution in [3.05, 3.63) is 45.6 Å². The largest absolute Gasteiger partial charge is 0.488 e. The lowest BCUT2D eigenvalue weighted by Crippen LogP contribution is -2.23. The maximum atomic E-state index is 9.30. The van der Waals surface area contributed by atoms with Crippen LogP contribution in [0.15, 0.2) is 33.1 Å². The highest BCUT2D eigenvalue weighted by Crippen LogP contribution is 2.30. The molecule has 1 unspecified atom stereocenters. The number of aliphatic hydroxyl groups is 1. The van der Waals surface area contributed by atoms with Crippen LogP contribution in [0.2, 0.25) is 0 Å². The van der Waals surface area contributed by atoms with Crippen molar-refractivity contribution in [2.75, 3.05) is 13.2 Å². The van der Waals surface area contributed by atoms with Crippen LogP contribution in [0.1, 0.15) is 21.9 Å². The third-order valence-electron chi connectivity index (χ3n) is 4.31. The zero-order chi connectivity index (χ0) is 17.4. The van der Waals surface area contributed by atoms with E-state index in [1.165, 1.54) is 0 Å². The monoisotopic (exact) mass is 357 g/mol. The fourth-order valence-corrected chi connectivity index (χ4v) is 3.63. The number of thiazole rings is 1. The van der Waals surface area contributed by atoms with Gasteiger partial charge in [0.2, 0.25) is 0 Å². The number of furan rings is 1. The number of aliphatic imine (C=N–C) groups is 1. The van der Waals surface area contributed by atoms with Crippen molar-refractivity contribution in [3.63, 3.8) is 0 Å². The topological polar surface area (TPSA) is 79.9 Å². The first-order chi connectivity index (χ1) is 12.2. The van der Waals surface area contributed by atoms with Crippen LogP contribution in [0.25, 0.3) is 11.0 Å². The van der Waals surface area contributed by atoms with Crippen LogP contribution in [-0.2, 0) is 6.61 Å². The minimum absolute atomic E-state index is 0.0356. The summed E-state index contributed by atoms with van der Waals surface area (Å²) in [5, 5.41) is 13.5. The molecule has 3 aromatic rings. The molecule has 0 bridgehead atoms. The van der Waals surface area contributed by atoms with Gasteiger partial charge in [0.05, 0.1) is 34.3 Å². The summed E-state index contributed by atoms with van der Waals surface area (Å²) in [5.74, 6) is 2.35. The molecule has 3 heterocycles. The van der Waals surface area contributed by atoms with E-state index in [2.05, 4.69) is 15.3 Å². The highest BCUT2D eigenvalue weighted by molar-refractivity contribution is 7.09. The number of nitrogens with one attached hydrogen (secondary N) is 1. The molecule has 0 spiro atoms. The van der Waals surface area contributed by atoms with E-state index < -0.39 is 0 Å². The molecule has 2 N–H and O–H groups in total. The number of aliphatic hydroxyl groups excluding tert-OH is 1. The molecule has 0 radical (unpaired) electrons. The smallest absolute Gasteiger partial charge is 0.135 e. The van der Waals surface area contributed by atoms with Crippen LogP contribution in [0.3, 0.4) is 0 Å². The van der Waals surface area contributed by atoms with Crippen molar-refractivity contribution in [2.45, 2.75) is 26.5 Å². The van der Waals surface area contributed by atoms with Gasteiger partial charge in [-0.25, -0.2) is 4.98 Å². The Hall–Kier alpha value is -2.38. The van der Waals surface area contributed by atoms with Gasteiger partial charge in [0, 0.05) is 11.9 Å². The van der Waals surface area contributed by atoms with Gasteiger partial charge in [0.1, 0.15) is 29.5 Å². The van der Waals surface area contributed by atoms with Crippen molar-refractivity contribution < 1.29 is 14.3 Å². The predicted octanol–water partition coefficient (Wildman–Crippen LogP) is 2.80. The van der Waals surface area contributed by atoms with Gasteiger partial charge < -0.3 is 19.6 Å². The van der Waals surface area contributed by atoms with Crippen molar-refractivity contribution in [3.8, 4) is 5.75 Å². The molecular weight excluding hydrogens is 338 g/mol. The van der Waals surface area contributed by atoms with Gasteiger partial charge in [-0.15, -0.1) is 11.3 Å². The highest BCUT2D eigenvalue weighted by atomic mass is 32.1. The number of nitrogens with zero attached hydrogens (tertiary/aromatic N) is 2. The van der Waals surface area contributed by atoms with Crippen molar-refractivity contribution >= 4 is 28.1 Å². The Labute approximate surface area is 149 Å². The summed E-state index contributed by atoms with van der Waals surface area (Å²) >= 11 is 1.60. The van der Waals surface area contributed by atoms with Crippen LogP contribution >= 0.6 is 11.3 Å². The van der Waals surface area contributed by atoms with E-state index in [1.807, 2.05) is 37.6 Å². The minimum atomic E-state index is -0.104. The first kappa shape index (κ1) is 16.1. The third kappa shape index (κ3) is 3.01. The molecule has 25 heavy (non-hydrogen) atoms. The van der Waals surface area contributed by atoms with Gasteiger partial charge >= 0.3 is 0 Å². The molecule has 4 rings (SSSR count). The maximum absolute atomic E-state index is 9.30. The van der Waals surface area contributed by atoms with Gasteiger partial charge in [-0.05, 0) is 32.0 Å². The fourth-order valence-electron chi connectivity index (χ4n) is 2.94. The standard InChI is InChI=1S/C18H19N3O3S/c1-10-16(25-9-20-10)8-23-13-3-4-15-14(5-13)17(11(2)24-15)18-19-6-12(7-22)21-18/h3-5,9,12,22H,6-8H2,1-2H3,(H,19,21). The van der Waals surface area contributed by atoms with E-state index in [-0.39, 0.29) is 12.6 Å². The minimum Gasteiger partial charge on any atom is -0.488 e. The van der Waals surface area contributed by atoms with E-state index in [0.29, 0.717) is 13.2 Å². The molecule has 0 amide bonds. The number of fused-ring (bicyclic) bond motifs is 1. The lowest BCUT2D eigenvalue weighted by molar-refractivity contribution is 0.271. The Kier molecular flexibility index (Phi) is 4.19. The molecular formula is C18H19N3O3S. The fraction of sp³-hybridized carbons (Fsp3) is 0.333. The molecule has 1 aliphatic rings. The van der Waals surface area contributed by atoms with Gasteiger partial charge in [-0.2, -0.15) is 0 Å². The molecule has 7 heteroatoms.